The van der Waals surface area contributed by atoms with Crippen LogP contribution in [-0.2, 0) is 0 Å². The van der Waals surface area contributed by atoms with Gasteiger partial charge in [-0.3, -0.25) is 5.10 Å². The molecule has 0 saturated heterocycles. The molecule has 1 heterocycles. The van der Waals surface area contributed by atoms with E-state index in [0.29, 0.717) is 5.82 Å². The minimum absolute atomic E-state index is 0.594. The van der Waals surface area contributed by atoms with Gasteiger partial charge in [0.1, 0.15) is 11.6 Å². The molecule has 2 aromatic rings. The normalized spacial score (nSPS) is 14.8. The maximum Gasteiger partial charge on any atom is 0.126 e. The zero-order valence-electron chi connectivity index (χ0n) is 9.52. The predicted octanol–water partition coefficient (Wildman–Crippen LogP) is 2.45. The molecular weight excluding hydrogens is 214 g/mol. The van der Waals surface area contributed by atoms with E-state index in [4.69, 9.17) is 10.5 Å². The van der Waals surface area contributed by atoms with Gasteiger partial charge in [0, 0.05) is 5.56 Å². The Labute approximate surface area is 99.8 Å². The van der Waals surface area contributed by atoms with Crippen molar-refractivity contribution in [3.8, 4) is 16.9 Å². The molecule has 0 bridgehead atoms. The molecule has 1 fully saturated rings. The number of nitrogens with two attached hydrogens (primary N) is 1. The van der Waals surface area contributed by atoms with Gasteiger partial charge in [-0.15, -0.1) is 0 Å². The first-order chi connectivity index (χ1) is 8.33. The van der Waals surface area contributed by atoms with Crippen LogP contribution in [0.4, 0.5) is 5.82 Å². The van der Waals surface area contributed by atoms with Crippen molar-refractivity contribution in [2.24, 2.45) is 5.92 Å². The first kappa shape index (κ1) is 10.2. The lowest BCUT2D eigenvalue weighted by Gasteiger charge is -2.06. The molecule has 88 valence electrons. The fourth-order valence-electron chi connectivity index (χ4n) is 1.76. The minimum Gasteiger partial charge on any atom is -0.493 e. The third-order valence-corrected chi connectivity index (χ3v) is 3.02. The van der Waals surface area contributed by atoms with E-state index in [9.17, 15) is 0 Å². The minimum atomic E-state index is 0.594. The second-order valence-electron chi connectivity index (χ2n) is 4.48. The molecule has 1 saturated carbocycles. The van der Waals surface area contributed by atoms with Gasteiger partial charge >= 0.3 is 0 Å². The summed E-state index contributed by atoms with van der Waals surface area (Å²) in [4.78, 5) is 0. The van der Waals surface area contributed by atoms with Crippen LogP contribution >= 0.6 is 0 Å². The zero-order valence-corrected chi connectivity index (χ0v) is 9.52. The van der Waals surface area contributed by atoms with Crippen LogP contribution in [-0.4, -0.2) is 16.8 Å². The Balaban J connectivity index is 1.72. The number of aromatic nitrogens is 2. The van der Waals surface area contributed by atoms with Crippen LogP contribution in [0.3, 0.4) is 0 Å². The number of nitrogens with zero attached hydrogens (tertiary/aromatic N) is 1. The highest BCUT2D eigenvalue weighted by Crippen LogP contribution is 2.30. The lowest BCUT2D eigenvalue weighted by Crippen LogP contribution is -1.98. The van der Waals surface area contributed by atoms with E-state index in [0.717, 1.165) is 29.4 Å². The lowest BCUT2D eigenvalue weighted by molar-refractivity contribution is 0.300. The van der Waals surface area contributed by atoms with Crippen LogP contribution in [0.25, 0.3) is 11.1 Å². The number of ether oxygens (including phenoxy) is 1. The zero-order chi connectivity index (χ0) is 11.7. The molecule has 0 spiro atoms. The number of nitrogen functional groups attached to an aromatic ring is 1. The highest BCUT2D eigenvalue weighted by Gasteiger charge is 2.21. The molecule has 0 radical (unpaired) electrons. The molecule has 17 heavy (non-hydrogen) atoms. The highest BCUT2D eigenvalue weighted by atomic mass is 16.5. The van der Waals surface area contributed by atoms with Gasteiger partial charge < -0.3 is 10.5 Å². The molecule has 1 aliphatic carbocycles. The average Bonchev–Trinajstić information content (AvgIpc) is 3.09. The van der Waals surface area contributed by atoms with Crippen LogP contribution in [0, 0.1) is 5.92 Å². The van der Waals surface area contributed by atoms with Crippen molar-refractivity contribution in [2.75, 3.05) is 12.3 Å². The molecule has 4 nitrogen and oxygen atoms in total. The van der Waals surface area contributed by atoms with E-state index in [-0.39, 0.29) is 0 Å². The quantitative estimate of drug-likeness (QED) is 0.846. The fraction of sp³-hybridized carbons (Fsp3) is 0.308. The van der Waals surface area contributed by atoms with E-state index in [1.165, 1.54) is 12.8 Å². The molecule has 3 rings (SSSR count). The maximum atomic E-state index is 5.77. The van der Waals surface area contributed by atoms with Gasteiger partial charge in [-0.05, 0) is 36.5 Å². The smallest absolute Gasteiger partial charge is 0.126 e. The van der Waals surface area contributed by atoms with E-state index in [2.05, 4.69) is 10.2 Å². The average molecular weight is 229 g/mol. The van der Waals surface area contributed by atoms with Crippen molar-refractivity contribution in [3.63, 3.8) is 0 Å². The number of anilines is 1. The highest BCUT2D eigenvalue weighted by molar-refractivity contribution is 5.73. The summed E-state index contributed by atoms with van der Waals surface area (Å²) in [7, 11) is 0. The first-order valence-electron chi connectivity index (χ1n) is 5.85. The molecule has 1 aromatic carbocycles. The number of hydrogen-bond donors (Lipinski definition) is 2. The number of aromatic amines is 1. The second kappa shape index (κ2) is 4.13. The van der Waals surface area contributed by atoms with Gasteiger partial charge in [-0.1, -0.05) is 12.1 Å². The summed E-state index contributed by atoms with van der Waals surface area (Å²) in [5.41, 5.74) is 7.75. The second-order valence-corrected chi connectivity index (χ2v) is 4.48. The molecule has 0 aliphatic heterocycles. The molecule has 0 amide bonds. The van der Waals surface area contributed by atoms with Crippen molar-refractivity contribution in [1.82, 2.24) is 10.2 Å². The molecule has 1 aliphatic rings. The molecule has 0 unspecified atom stereocenters. The van der Waals surface area contributed by atoms with E-state index in [1.54, 1.807) is 6.20 Å². The van der Waals surface area contributed by atoms with E-state index >= 15 is 0 Å². The Kier molecular flexibility index (Phi) is 2.48. The summed E-state index contributed by atoms with van der Waals surface area (Å²) >= 11 is 0. The standard InChI is InChI=1S/C13H15N3O/c14-13-12(7-15-16-13)10-3-5-11(6-4-10)17-8-9-1-2-9/h3-7,9H,1-2,8H2,(H3,14,15,16). The maximum absolute atomic E-state index is 5.77. The molecule has 0 atom stereocenters. The predicted molar refractivity (Wildman–Crippen MR) is 66.7 cm³/mol. The summed E-state index contributed by atoms with van der Waals surface area (Å²) in [5.74, 6) is 2.29. The molecular formula is C13H15N3O. The molecule has 1 aromatic heterocycles. The van der Waals surface area contributed by atoms with Crippen molar-refractivity contribution in [2.45, 2.75) is 12.8 Å². The number of rotatable bonds is 4. The number of nitrogens with one attached hydrogen (secondary N) is 1. The Hall–Kier alpha value is -1.97. The van der Waals surface area contributed by atoms with Crippen LogP contribution in [0.5, 0.6) is 5.75 Å². The summed E-state index contributed by atoms with van der Waals surface area (Å²) in [5, 5.41) is 6.63. The number of hydrogen-bond acceptors (Lipinski definition) is 3. The summed E-state index contributed by atoms with van der Waals surface area (Å²) in [6.45, 7) is 0.840. The van der Waals surface area contributed by atoms with E-state index in [1.807, 2.05) is 24.3 Å². The third kappa shape index (κ3) is 2.25. The first-order valence-corrected chi connectivity index (χ1v) is 5.85. The third-order valence-electron chi connectivity index (χ3n) is 3.02. The SMILES string of the molecule is Nc1[nH]ncc1-c1ccc(OCC2CC2)cc1. The van der Waals surface area contributed by atoms with Crippen LogP contribution in [0.15, 0.2) is 30.5 Å². The van der Waals surface area contributed by atoms with Gasteiger partial charge in [0.15, 0.2) is 0 Å². The fourth-order valence-corrected chi connectivity index (χ4v) is 1.76. The summed E-state index contributed by atoms with van der Waals surface area (Å²) in [6.07, 6.45) is 4.35. The number of benzene rings is 1. The molecule has 4 heteroatoms. The van der Waals surface area contributed by atoms with Gasteiger partial charge in [-0.2, -0.15) is 5.10 Å². The largest absolute Gasteiger partial charge is 0.493 e. The molecule has 3 N–H and O–H groups in total. The summed E-state index contributed by atoms with van der Waals surface area (Å²) in [6, 6.07) is 7.96. The Morgan fingerprint density at radius 3 is 2.65 bits per heavy atom. The van der Waals surface area contributed by atoms with E-state index < -0.39 is 0 Å². The van der Waals surface area contributed by atoms with Crippen LogP contribution < -0.4 is 10.5 Å². The van der Waals surface area contributed by atoms with Crippen molar-refractivity contribution >= 4 is 5.82 Å². The number of H-pyrrole nitrogens is 1. The van der Waals surface area contributed by atoms with Crippen LogP contribution in [0.2, 0.25) is 0 Å². The van der Waals surface area contributed by atoms with Crippen molar-refractivity contribution in [3.05, 3.63) is 30.5 Å². The Morgan fingerprint density at radius 2 is 2.06 bits per heavy atom. The lowest BCUT2D eigenvalue weighted by atomic mass is 10.1. The van der Waals surface area contributed by atoms with Crippen molar-refractivity contribution < 1.29 is 4.74 Å². The summed E-state index contributed by atoms with van der Waals surface area (Å²) < 4.78 is 5.68. The van der Waals surface area contributed by atoms with Gasteiger partial charge in [0.25, 0.3) is 0 Å². The van der Waals surface area contributed by atoms with Gasteiger partial charge in [-0.25, -0.2) is 0 Å². The monoisotopic (exact) mass is 229 g/mol. The van der Waals surface area contributed by atoms with Gasteiger partial charge in [0.2, 0.25) is 0 Å². The topological polar surface area (TPSA) is 63.9 Å². The van der Waals surface area contributed by atoms with Crippen LogP contribution in [0.1, 0.15) is 12.8 Å². The van der Waals surface area contributed by atoms with Gasteiger partial charge in [0.05, 0.1) is 12.8 Å². The Morgan fingerprint density at radius 1 is 1.29 bits per heavy atom. The van der Waals surface area contributed by atoms with Crippen molar-refractivity contribution in [1.29, 1.82) is 0 Å². The Bertz CT molecular complexity index is 500.